The van der Waals surface area contributed by atoms with Crippen molar-refractivity contribution in [3.05, 3.63) is 23.2 Å². The molecule has 1 aromatic rings. The van der Waals surface area contributed by atoms with Crippen molar-refractivity contribution in [1.29, 1.82) is 0 Å². The van der Waals surface area contributed by atoms with Gasteiger partial charge in [0.25, 0.3) is 0 Å². The van der Waals surface area contributed by atoms with Crippen LogP contribution in [0, 0.1) is 0 Å². The van der Waals surface area contributed by atoms with E-state index >= 15 is 0 Å². The smallest absolute Gasteiger partial charge is 0.450 e. The molecule has 7 heteroatoms. The number of nitrogens with two attached hydrogens (primary N) is 1. The molecule has 84 valence electrons. The lowest BCUT2D eigenvalue weighted by atomic mass is 10.2. The topological polar surface area (TPSA) is 65.5 Å². The Hall–Kier alpha value is -1.50. The highest BCUT2D eigenvalue weighted by Crippen LogP contribution is 2.34. The summed E-state index contributed by atoms with van der Waals surface area (Å²) in [6.07, 6.45) is -4.74. The summed E-state index contributed by atoms with van der Waals surface area (Å²) in [5, 5.41) is 0. The monoisotopic (exact) mass is 223 g/mol. The molecule has 0 saturated heterocycles. The van der Waals surface area contributed by atoms with Crippen molar-refractivity contribution < 1.29 is 27.1 Å². The molecule has 0 aromatic carbocycles. The van der Waals surface area contributed by atoms with Gasteiger partial charge in [0.05, 0.1) is 13.7 Å². The number of hydrogen-bond donors (Lipinski definition) is 1. The SMILES string of the molecule is COC(=O)c1cc(CN)oc1C(F)(F)F. The molecule has 2 N–H and O–H groups in total. The molecule has 0 spiro atoms. The average molecular weight is 223 g/mol. The number of alkyl halides is 3. The van der Waals surface area contributed by atoms with Crippen LogP contribution in [0.2, 0.25) is 0 Å². The predicted molar refractivity (Wildman–Crippen MR) is 42.9 cm³/mol. The highest BCUT2D eigenvalue weighted by Gasteiger charge is 2.40. The van der Waals surface area contributed by atoms with E-state index in [4.69, 9.17) is 5.73 Å². The molecule has 0 amide bonds. The Morgan fingerprint density at radius 1 is 1.60 bits per heavy atom. The fourth-order valence-corrected chi connectivity index (χ4v) is 1.01. The second-order valence-corrected chi connectivity index (χ2v) is 2.65. The van der Waals surface area contributed by atoms with Crippen molar-refractivity contribution >= 4 is 5.97 Å². The second kappa shape index (κ2) is 3.93. The maximum absolute atomic E-state index is 12.4. The minimum Gasteiger partial charge on any atom is -0.465 e. The van der Waals surface area contributed by atoms with Crippen molar-refractivity contribution in [2.45, 2.75) is 12.7 Å². The maximum atomic E-state index is 12.4. The van der Waals surface area contributed by atoms with Crippen LogP contribution in [0.4, 0.5) is 13.2 Å². The lowest BCUT2D eigenvalue weighted by Gasteiger charge is -2.04. The molecule has 0 saturated carbocycles. The van der Waals surface area contributed by atoms with E-state index < -0.39 is 23.5 Å². The number of esters is 1. The number of ether oxygens (including phenoxy) is 1. The van der Waals surface area contributed by atoms with E-state index in [2.05, 4.69) is 9.15 Å². The van der Waals surface area contributed by atoms with Gasteiger partial charge in [-0.2, -0.15) is 13.2 Å². The summed E-state index contributed by atoms with van der Waals surface area (Å²) in [4.78, 5) is 11.0. The number of furan rings is 1. The standard InChI is InChI=1S/C8H8F3NO3/c1-14-7(13)5-2-4(3-12)15-6(5)8(9,10)11/h2H,3,12H2,1H3. The molecule has 0 unspecified atom stereocenters. The molecule has 1 rings (SSSR count). The molecule has 0 radical (unpaired) electrons. The Balaban J connectivity index is 3.24. The van der Waals surface area contributed by atoms with Gasteiger partial charge < -0.3 is 14.9 Å². The first-order chi connectivity index (χ1) is 6.90. The van der Waals surface area contributed by atoms with Crippen LogP contribution in [0.5, 0.6) is 0 Å². The third-order valence-electron chi connectivity index (χ3n) is 1.65. The molecule has 0 aliphatic carbocycles. The minimum atomic E-state index is -4.74. The second-order valence-electron chi connectivity index (χ2n) is 2.65. The predicted octanol–water partition coefficient (Wildman–Crippen LogP) is 1.54. The van der Waals surface area contributed by atoms with Gasteiger partial charge in [0.15, 0.2) is 0 Å². The molecular formula is C8H8F3NO3. The largest absolute Gasteiger partial charge is 0.465 e. The number of methoxy groups -OCH3 is 1. The lowest BCUT2D eigenvalue weighted by molar-refractivity contribution is -0.153. The maximum Gasteiger partial charge on any atom is 0.450 e. The molecule has 1 aromatic heterocycles. The van der Waals surface area contributed by atoms with Crippen LogP contribution >= 0.6 is 0 Å². The normalized spacial score (nSPS) is 11.5. The van der Waals surface area contributed by atoms with E-state index in [1.165, 1.54) is 0 Å². The first-order valence-electron chi connectivity index (χ1n) is 3.88. The number of hydrogen-bond acceptors (Lipinski definition) is 4. The average Bonchev–Trinajstić information content (AvgIpc) is 2.59. The zero-order chi connectivity index (χ0) is 11.6. The van der Waals surface area contributed by atoms with Crippen LogP contribution in [-0.2, 0) is 17.5 Å². The third-order valence-corrected chi connectivity index (χ3v) is 1.65. The van der Waals surface area contributed by atoms with E-state index in [0.29, 0.717) is 0 Å². The highest BCUT2D eigenvalue weighted by molar-refractivity contribution is 5.90. The summed E-state index contributed by atoms with van der Waals surface area (Å²) in [6.45, 7) is -0.222. The molecular weight excluding hydrogens is 215 g/mol. The lowest BCUT2D eigenvalue weighted by Crippen LogP contribution is -2.11. The summed E-state index contributed by atoms with van der Waals surface area (Å²) in [6, 6.07) is 0.925. The number of rotatable bonds is 2. The number of carbonyl (C=O) groups is 1. The number of carbonyl (C=O) groups excluding carboxylic acids is 1. The Bertz CT molecular complexity index is 370. The van der Waals surface area contributed by atoms with Crippen LogP contribution in [0.25, 0.3) is 0 Å². The summed E-state index contributed by atoms with van der Waals surface area (Å²) >= 11 is 0. The minimum absolute atomic E-state index is 0.122. The van der Waals surface area contributed by atoms with Crippen LogP contribution in [0.1, 0.15) is 21.9 Å². The van der Waals surface area contributed by atoms with Gasteiger partial charge in [0, 0.05) is 0 Å². The molecule has 1 heterocycles. The van der Waals surface area contributed by atoms with Crippen molar-refractivity contribution in [3.63, 3.8) is 0 Å². The Morgan fingerprint density at radius 3 is 2.60 bits per heavy atom. The van der Waals surface area contributed by atoms with Crippen molar-refractivity contribution in [2.75, 3.05) is 7.11 Å². The summed E-state index contributed by atoms with van der Waals surface area (Å²) in [5.74, 6) is -2.61. The van der Waals surface area contributed by atoms with Crippen molar-refractivity contribution in [1.82, 2.24) is 0 Å². The Morgan fingerprint density at radius 2 is 2.20 bits per heavy atom. The summed E-state index contributed by atoms with van der Waals surface area (Å²) < 4.78 is 45.6. The molecule has 0 fully saturated rings. The van der Waals surface area contributed by atoms with Crippen LogP contribution in [0.3, 0.4) is 0 Å². The Kier molecular flexibility index (Phi) is 3.04. The van der Waals surface area contributed by atoms with Gasteiger partial charge in [-0.05, 0) is 6.07 Å². The van der Waals surface area contributed by atoms with Crippen LogP contribution in [-0.4, -0.2) is 13.1 Å². The van der Waals surface area contributed by atoms with Gasteiger partial charge in [-0.3, -0.25) is 0 Å². The van der Waals surface area contributed by atoms with Gasteiger partial charge in [-0.15, -0.1) is 0 Å². The van der Waals surface area contributed by atoms with Gasteiger partial charge in [-0.25, -0.2) is 4.79 Å². The van der Waals surface area contributed by atoms with Gasteiger partial charge in [0.1, 0.15) is 11.3 Å². The highest BCUT2D eigenvalue weighted by atomic mass is 19.4. The first kappa shape index (κ1) is 11.6. The van der Waals surface area contributed by atoms with Crippen LogP contribution in [0.15, 0.2) is 10.5 Å². The zero-order valence-electron chi connectivity index (χ0n) is 7.72. The van der Waals surface area contributed by atoms with Gasteiger partial charge in [0.2, 0.25) is 5.76 Å². The van der Waals surface area contributed by atoms with Gasteiger partial charge >= 0.3 is 12.1 Å². The molecule has 0 bridgehead atoms. The van der Waals surface area contributed by atoms with E-state index in [1.54, 1.807) is 0 Å². The van der Waals surface area contributed by atoms with E-state index in [9.17, 15) is 18.0 Å². The molecule has 0 atom stereocenters. The zero-order valence-corrected chi connectivity index (χ0v) is 7.72. The third kappa shape index (κ3) is 2.30. The fourth-order valence-electron chi connectivity index (χ4n) is 1.01. The summed E-state index contributed by atoms with van der Waals surface area (Å²) in [5.41, 5.74) is 4.44. The molecule has 0 aliphatic heterocycles. The van der Waals surface area contributed by atoms with Crippen molar-refractivity contribution in [3.8, 4) is 0 Å². The van der Waals surface area contributed by atoms with Crippen LogP contribution < -0.4 is 5.73 Å². The van der Waals surface area contributed by atoms with E-state index in [0.717, 1.165) is 13.2 Å². The molecule has 0 aliphatic rings. The fraction of sp³-hybridized carbons (Fsp3) is 0.375. The van der Waals surface area contributed by atoms with Gasteiger partial charge in [-0.1, -0.05) is 0 Å². The molecule has 15 heavy (non-hydrogen) atoms. The quantitative estimate of drug-likeness (QED) is 0.772. The molecule has 4 nitrogen and oxygen atoms in total. The van der Waals surface area contributed by atoms with E-state index in [1.807, 2.05) is 0 Å². The summed E-state index contributed by atoms with van der Waals surface area (Å²) in [7, 11) is 0.984. The van der Waals surface area contributed by atoms with E-state index in [-0.39, 0.29) is 12.3 Å². The van der Waals surface area contributed by atoms with Crippen molar-refractivity contribution in [2.24, 2.45) is 5.73 Å². The Labute approximate surface area is 82.8 Å². The first-order valence-corrected chi connectivity index (χ1v) is 3.88. The number of halogens is 3.